The number of nitrogens with zero attached hydrogens (tertiary/aromatic N) is 2. The number of rotatable bonds is 7. The molecule has 2 N–H and O–H groups in total. The molecule has 0 radical (unpaired) electrons. The van der Waals surface area contributed by atoms with Crippen LogP contribution in [-0.4, -0.2) is 35.3 Å². The van der Waals surface area contributed by atoms with Crippen molar-refractivity contribution in [3.8, 4) is 5.75 Å². The second kappa shape index (κ2) is 11.1. The molecule has 0 atom stereocenters. The molecule has 1 aliphatic rings. The van der Waals surface area contributed by atoms with Crippen LogP contribution in [0.2, 0.25) is 10.0 Å². The van der Waals surface area contributed by atoms with E-state index in [1.807, 2.05) is 5.32 Å². The lowest BCUT2D eigenvalue weighted by atomic mass is 10.1. The molecule has 11 nitrogen and oxygen atoms in total. The highest BCUT2D eigenvalue weighted by Gasteiger charge is 2.37. The van der Waals surface area contributed by atoms with Crippen LogP contribution in [0.5, 0.6) is 5.75 Å². The van der Waals surface area contributed by atoms with Crippen LogP contribution in [0.1, 0.15) is 5.56 Å². The standard InChI is InChI=1S/C25H16Cl2N4O7/c26-19-11-14(12-20(27)22(19)38-13-21(32)28-15-4-2-1-3-5-15)10-18-23(33)29-25(35)30(24(18)34)16-6-8-17(9-7-16)31(36)37/h1-12H,13H2,(H,28,32)(H,29,33,35)/b18-10-. The normalized spacial score (nSPS) is 14.3. The molecule has 38 heavy (non-hydrogen) atoms. The van der Waals surface area contributed by atoms with E-state index in [0.717, 1.165) is 12.1 Å². The first kappa shape index (κ1) is 26.3. The Morgan fingerprint density at radius 2 is 1.66 bits per heavy atom. The Labute approximate surface area is 224 Å². The number of para-hydroxylation sites is 1. The van der Waals surface area contributed by atoms with Crippen LogP contribution in [0.4, 0.5) is 21.9 Å². The summed E-state index contributed by atoms with van der Waals surface area (Å²) in [7, 11) is 0. The Bertz CT molecular complexity index is 1470. The Morgan fingerprint density at radius 1 is 1.03 bits per heavy atom. The van der Waals surface area contributed by atoms with Crippen molar-refractivity contribution in [3.63, 3.8) is 0 Å². The van der Waals surface area contributed by atoms with E-state index in [4.69, 9.17) is 27.9 Å². The minimum atomic E-state index is -1.01. The van der Waals surface area contributed by atoms with E-state index in [2.05, 4.69) is 5.32 Å². The summed E-state index contributed by atoms with van der Waals surface area (Å²) in [5.41, 5.74) is 0.181. The average Bonchev–Trinajstić information content (AvgIpc) is 2.87. The number of amides is 5. The summed E-state index contributed by atoms with van der Waals surface area (Å²) in [6, 6.07) is 15.1. The number of imide groups is 2. The van der Waals surface area contributed by atoms with Crippen LogP contribution in [-0.2, 0) is 14.4 Å². The van der Waals surface area contributed by atoms with Crippen molar-refractivity contribution in [2.45, 2.75) is 0 Å². The Kier molecular flexibility index (Phi) is 7.70. The summed E-state index contributed by atoms with van der Waals surface area (Å²) in [5, 5.41) is 15.6. The molecule has 1 fully saturated rings. The lowest BCUT2D eigenvalue weighted by molar-refractivity contribution is -0.384. The van der Waals surface area contributed by atoms with Crippen molar-refractivity contribution in [1.82, 2.24) is 5.32 Å². The molecule has 0 unspecified atom stereocenters. The number of non-ortho nitro benzene ring substituents is 1. The molecular weight excluding hydrogens is 539 g/mol. The summed E-state index contributed by atoms with van der Waals surface area (Å²) in [6.45, 7) is -0.387. The third kappa shape index (κ3) is 5.80. The highest BCUT2D eigenvalue weighted by molar-refractivity contribution is 6.40. The van der Waals surface area contributed by atoms with Crippen LogP contribution < -0.4 is 20.3 Å². The largest absolute Gasteiger partial charge is 0.481 e. The van der Waals surface area contributed by atoms with Gasteiger partial charge in [0.2, 0.25) is 0 Å². The van der Waals surface area contributed by atoms with E-state index in [1.165, 1.54) is 30.3 Å². The first-order chi connectivity index (χ1) is 18.1. The fraction of sp³-hybridized carbons (Fsp3) is 0.0400. The van der Waals surface area contributed by atoms with Crippen molar-refractivity contribution < 1.29 is 28.8 Å². The van der Waals surface area contributed by atoms with Crippen LogP contribution in [0, 0.1) is 10.1 Å². The Hall–Kier alpha value is -4.74. The number of ether oxygens (including phenoxy) is 1. The molecule has 13 heteroatoms. The van der Waals surface area contributed by atoms with Gasteiger partial charge >= 0.3 is 6.03 Å². The van der Waals surface area contributed by atoms with Gasteiger partial charge in [0.25, 0.3) is 23.4 Å². The van der Waals surface area contributed by atoms with Gasteiger partial charge in [0.05, 0.1) is 20.7 Å². The summed E-state index contributed by atoms with van der Waals surface area (Å²) < 4.78 is 5.46. The predicted octanol–water partition coefficient (Wildman–Crippen LogP) is 4.59. The number of anilines is 2. The van der Waals surface area contributed by atoms with E-state index in [-0.39, 0.29) is 39.3 Å². The maximum absolute atomic E-state index is 13.0. The van der Waals surface area contributed by atoms with E-state index < -0.39 is 34.2 Å². The molecule has 1 saturated heterocycles. The molecule has 3 aromatic carbocycles. The molecule has 1 aliphatic heterocycles. The second-order valence-electron chi connectivity index (χ2n) is 7.75. The van der Waals surface area contributed by atoms with Gasteiger partial charge in [0.15, 0.2) is 12.4 Å². The minimum Gasteiger partial charge on any atom is -0.481 e. The molecule has 3 aromatic rings. The number of urea groups is 1. The Balaban J connectivity index is 1.53. The summed E-state index contributed by atoms with van der Waals surface area (Å²) in [5.74, 6) is -2.35. The summed E-state index contributed by atoms with van der Waals surface area (Å²) >= 11 is 12.6. The van der Waals surface area contributed by atoms with Gasteiger partial charge in [-0.3, -0.25) is 29.8 Å². The maximum atomic E-state index is 13.0. The van der Waals surface area contributed by atoms with E-state index >= 15 is 0 Å². The van der Waals surface area contributed by atoms with Gasteiger partial charge in [-0.25, -0.2) is 9.69 Å². The zero-order chi connectivity index (χ0) is 27.4. The molecular formula is C25H16Cl2N4O7. The van der Waals surface area contributed by atoms with Gasteiger partial charge < -0.3 is 10.1 Å². The monoisotopic (exact) mass is 554 g/mol. The summed E-state index contributed by atoms with van der Waals surface area (Å²) in [4.78, 5) is 60.9. The van der Waals surface area contributed by atoms with Crippen molar-refractivity contribution in [2.24, 2.45) is 0 Å². The maximum Gasteiger partial charge on any atom is 0.335 e. The fourth-order valence-corrected chi connectivity index (χ4v) is 4.05. The molecule has 0 bridgehead atoms. The number of nitro benzene ring substituents is 1. The van der Waals surface area contributed by atoms with Gasteiger partial charge in [-0.1, -0.05) is 41.4 Å². The molecule has 5 amide bonds. The number of nitro groups is 1. The van der Waals surface area contributed by atoms with Crippen molar-refractivity contribution in [1.29, 1.82) is 0 Å². The van der Waals surface area contributed by atoms with E-state index in [1.54, 1.807) is 30.3 Å². The highest BCUT2D eigenvalue weighted by atomic mass is 35.5. The number of benzene rings is 3. The lowest BCUT2D eigenvalue weighted by Gasteiger charge is -2.26. The van der Waals surface area contributed by atoms with Crippen LogP contribution in [0.3, 0.4) is 0 Å². The van der Waals surface area contributed by atoms with Gasteiger partial charge in [-0.2, -0.15) is 0 Å². The molecule has 0 aromatic heterocycles. The van der Waals surface area contributed by atoms with E-state index in [9.17, 15) is 29.3 Å². The van der Waals surface area contributed by atoms with Crippen LogP contribution in [0.15, 0.2) is 72.3 Å². The van der Waals surface area contributed by atoms with Gasteiger partial charge in [0.1, 0.15) is 5.57 Å². The molecule has 4 rings (SSSR count). The molecule has 0 spiro atoms. The van der Waals surface area contributed by atoms with E-state index in [0.29, 0.717) is 10.6 Å². The first-order valence-corrected chi connectivity index (χ1v) is 11.5. The molecule has 0 aliphatic carbocycles. The molecule has 1 heterocycles. The van der Waals surface area contributed by atoms with Crippen LogP contribution in [0.25, 0.3) is 6.08 Å². The predicted molar refractivity (Wildman–Crippen MR) is 139 cm³/mol. The number of hydrogen-bond donors (Lipinski definition) is 2. The number of halogens is 2. The molecule has 0 saturated carbocycles. The zero-order valence-electron chi connectivity index (χ0n) is 19.1. The smallest absolute Gasteiger partial charge is 0.335 e. The van der Waals surface area contributed by atoms with Crippen molar-refractivity contribution >= 4 is 70.1 Å². The first-order valence-electron chi connectivity index (χ1n) is 10.8. The number of hydrogen-bond acceptors (Lipinski definition) is 7. The second-order valence-corrected chi connectivity index (χ2v) is 8.56. The number of carbonyl (C=O) groups is 4. The van der Waals surface area contributed by atoms with Crippen molar-refractivity contribution in [3.05, 3.63) is 98.0 Å². The zero-order valence-corrected chi connectivity index (χ0v) is 20.7. The number of nitrogens with one attached hydrogen (secondary N) is 2. The van der Waals surface area contributed by atoms with Gasteiger partial charge in [-0.15, -0.1) is 0 Å². The fourth-order valence-electron chi connectivity index (χ4n) is 3.44. The third-order valence-electron chi connectivity index (χ3n) is 5.16. The van der Waals surface area contributed by atoms with Crippen LogP contribution >= 0.6 is 23.2 Å². The minimum absolute atomic E-state index is 0.00355. The highest BCUT2D eigenvalue weighted by Crippen LogP contribution is 2.35. The number of carbonyl (C=O) groups excluding carboxylic acids is 4. The lowest BCUT2D eigenvalue weighted by Crippen LogP contribution is -2.54. The van der Waals surface area contributed by atoms with Gasteiger partial charge in [0, 0.05) is 17.8 Å². The summed E-state index contributed by atoms with van der Waals surface area (Å²) in [6.07, 6.45) is 1.17. The third-order valence-corrected chi connectivity index (χ3v) is 5.72. The van der Waals surface area contributed by atoms with Gasteiger partial charge in [-0.05, 0) is 48.0 Å². The van der Waals surface area contributed by atoms with Crippen molar-refractivity contribution in [2.75, 3.05) is 16.8 Å². The SMILES string of the molecule is O=C(COc1c(Cl)cc(/C=C2/C(=O)NC(=O)N(c3ccc([N+](=O)[O-])cc3)C2=O)cc1Cl)Nc1ccccc1. The quantitative estimate of drug-likeness (QED) is 0.188. The average molecular weight is 555 g/mol. The number of barbiturate groups is 1. The Morgan fingerprint density at radius 3 is 2.26 bits per heavy atom. The topological polar surface area (TPSA) is 148 Å². The molecule has 192 valence electrons.